The molecule has 2 aromatic rings. The highest BCUT2D eigenvalue weighted by atomic mass is 16.5. The minimum absolute atomic E-state index is 0.277. The van der Waals surface area contributed by atoms with Crippen LogP contribution < -0.4 is 10.1 Å². The quantitative estimate of drug-likeness (QED) is 0.861. The van der Waals surface area contributed by atoms with Gasteiger partial charge >= 0.3 is 0 Å². The smallest absolute Gasteiger partial charge is 0.132 e. The highest BCUT2D eigenvalue weighted by Crippen LogP contribution is 2.43. The van der Waals surface area contributed by atoms with Gasteiger partial charge in [-0.3, -0.25) is 0 Å². The number of benzene rings is 2. The van der Waals surface area contributed by atoms with Crippen molar-refractivity contribution in [3.63, 3.8) is 0 Å². The molecule has 4 rings (SSSR count). The van der Waals surface area contributed by atoms with E-state index in [1.54, 1.807) is 0 Å². The molecule has 1 heterocycles. The highest BCUT2D eigenvalue weighted by molar-refractivity contribution is 5.53. The Bertz CT molecular complexity index is 544. The van der Waals surface area contributed by atoms with Gasteiger partial charge in [0.25, 0.3) is 0 Å². The van der Waals surface area contributed by atoms with Gasteiger partial charge in [0.2, 0.25) is 0 Å². The minimum atomic E-state index is 0.277. The Labute approximate surface area is 107 Å². The van der Waals surface area contributed by atoms with Crippen molar-refractivity contribution in [2.75, 3.05) is 0 Å². The van der Waals surface area contributed by atoms with Crippen molar-refractivity contribution in [1.29, 1.82) is 0 Å². The van der Waals surface area contributed by atoms with Crippen molar-refractivity contribution < 1.29 is 4.74 Å². The van der Waals surface area contributed by atoms with E-state index >= 15 is 0 Å². The summed E-state index contributed by atoms with van der Waals surface area (Å²) in [6.07, 6.45) is 2.59. The predicted molar refractivity (Wildman–Crippen MR) is 71.0 cm³/mol. The Kier molecular flexibility index (Phi) is 2.17. The van der Waals surface area contributed by atoms with Crippen molar-refractivity contribution in [2.45, 2.75) is 24.9 Å². The summed E-state index contributed by atoms with van der Waals surface area (Å²) >= 11 is 0. The van der Waals surface area contributed by atoms with Crippen molar-refractivity contribution in [2.24, 2.45) is 0 Å². The van der Waals surface area contributed by atoms with Gasteiger partial charge in [-0.2, -0.15) is 0 Å². The molecule has 0 unspecified atom stereocenters. The van der Waals surface area contributed by atoms with E-state index in [-0.39, 0.29) is 6.04 Å². The summed E-state index contributed by atoms with van der Waals surface area (Å²) in [5.41, 5.74) is 2.51. The zero-order valence-corrected chi connectivity index (χ0v) is 10.1. The summed E-state index contributed by atoms with van der Waals surface area (Å²) in [4.78, 5) is 0. The highest BCUT2D eigenvalue weighted by Gasteiger charge is 2.31. The van der Waals surface area contributed by atoms with E-state index < -0.39 is 0 Å². The molecular weight excluding hydrogens is 222 g/mol. The van der Waals surface area contributed by atoms with Crippen LogP contribution in [0.25, 0.3) is 0 Å². The van der Waals surface area contributed by atoms with E-state index in [1.807, 2.05) is 24.3 Å². The van der Waals surface area contributed by atoms with Gasteiger partial charge in [0.15, 0.2) is 0 Å². The average Bonchev–Trinajstić information content (AvgIpc) is 3.22. The maximum atomic E-state index is 5.97. The van der Waals surface area contributed by atoms with Crippen molar-refractivity contribution in [3.05, 3.63) is 59.7 Å². The maximum absolute atomic E-state index is 5.97. The van der Waals surface area contributed by atoms with Crippen LogP contribution in [0, 0.1) is 0 Å². The lowest BCUT2D eigenvalue weighted by molar-refractivity contribution is 0.427. The molecule has 0 bridgehead atoms. The van der Waals surface area contributed by atoms with Crippen LogP contribution in [0.3, 0.4) is 0 Å². The largest absolute Gasteiger partial charge is 0.457 e. The molecule has 0 saturated heterocycles. The Balaban J connectivity index is 1.83. The van der Waals surface area contributed by atoms with Crippen LogP contribution in [0.1, 0.15) is 30.0 Å². The van der Waals surface area contributed by atoms with E-state index in [0.29, 0.717) is 6.04 Å². The normalized spacial score (nSPS) is 17.8. The molecule has 1 aliphatic carbocycles. The van der Waals surface area contributed by atoms with Gasteiger partial charge in [-0.15, -0.1) is 0 Å². The number of para-hydroxylation sites is 2. The molecule has 2 nitrogen and oxygen atoms in total. The molecule has 0 atom stereocenters. The molecule has 1 saturated carbocycles. The van der Waals surface area contributed by atoms with E-state index in [2.05, 4.69) is 29.6 Å². The predicted octanol–water partition coefficient (Wildman–Crippen LogP) is 3.63. The van der Waals surface area contributed by atoms with Crippen LogP contribution >= 0.6 is 0 Å². The van der Waals surface area contributed by atoms with Crippen LogP contribution in [0.2, 0.25) is 0 Å². The first-order valence-electron chi connectivity index (χ1n) is 6.53. The lowest BCUT2D eigenvalue weighted by Gasteiger charge is -2.29. The number of fused-ring (bicyclic) bond motifs is 2. The summed E-state index contributed by atoms with van der Waals surface area (Å²) in [7, 11) is 0. The van der Waals surface area contributed by atoms with E-state index in [9.17, 15) is 0 Å². The molecule has 90 valence electrons. The van der Waals surface area contributed by atoms with Crippen molar-refractivity contribution in [3.8, 4) is 11.5 Å². The fourth-order valence-electron chi connectivity index (χ4n) is 2.58. The van der Waals surface area contributed by atoms with Crippen LogP contribution in [-0.4, -0.2) is 6.04 Å². The van der Waals surface area contributed by atoms with Crippen molar-refractivity contribution >= 4 is 0 Å². The molecule has 18 heavy (non-hydrogen) atoms. The lowest BCUT2D eigenvalue weighted by atomic mass is 9.94. The number of ether oxygens (including phenoxy) is 1. The van der Waals surface area contributed by atoms with E-state index in [1.165, 1.54) is 24.0 Å². The molecule has 1 aliphatic heterocycles. The molecule has 1 fully saturated rings. The second-order valence-corrected chi connectivity index (χ2v) is 5.05. The first kappa shape index (κ1) is 10.2. The fourth-order valence-corrected chi connectivity index (χ4v) is 2.58. The molecule has 0 aromatic heterocycles. The third-order valence-corrected chi connectivity index (χ3v) is 3.66. The summed E-state index contributed by atoms with van der Waals surface area (Å²) in [6.45, 7) is 0. The van der Waals surface area contributed by atoms with Gasteiger partial charge < -0.3 is 10.1 Å². The standard InChI is InChI=1S/C16H15NO/c1-3-7-14-12(5-1)16(17-11-9-10-11)13-6-2-4-8-15(13)18-14/h1-8,11,16-17H,9-10H2. The zero-order chi connectivity index (χ0) is 11.9. The molecule has 2 aromatic carbocycles. The SMILES string of the molecule is c1ccc2c(c1)Oc1ccccc1C2NC1CC1. The van der Waals surface area contributed by atoms with Crippen molar-refractivity contribution in [1.82, 2.24) is 5.32 Å². The Morgan fingerprint density at radius 2 is 1.39 bits per heavy atom. The summed E-state index contributed by atoms with van der Waals surface area (Å²) < 4.78 is 5.97. The topological polar surface area (TPSA) is 21.3 Å². The molecule has 0 spiro atoms. The van der Waals surface area contributed by atoms with Gasteiger partial charge in [-0.05, 0) is 25.0 Å². The van der Waals surface area contributed by atoms with Gasteiger partial charge in [-0.25, -0.2) is 0 Å². The Morgan fingerprint density at radius 3 is 1.94 bits per heavy atom. The maximum Gasteiger partial charge on any atom is 0.132 e. The molecule has 1 N–H and O–H groups in total. The molecule has 0 radical (unpaired) electrons. The van der Waals surface area contributed by atoms with Crippen LogP contribution in [0.4, 0.5) is 0 Å². The number of rotatable bonds is 2. The lowest BCUT2D eigenvalue weighted by Crippen LogP contribution is -2.27. The molecular formula is C16H15NO. The summed E-state index contributed by atoms with van der Waals surface area (Å²) in [5.74, 6) is 1.96. The zero-order valence-electron chi connectivity index (χ0n) is 10.1. The molecule has 2 heteroatoms. The first-order valence-corrected chi connectivity index (χ1v) is 6.53. The Morgan fingerprint density at radius 1 is 0.833 bits per heavy atom. The van der Waals surface area contributed by atoms with Crippen LogP contribution in [-0.2, 0) is 0 Å². The second-order valence-electron chi connectivity index (χ2n) is 5.05. The number of hydrogen-bond acceptors (Lipinski definition) is 2. The van der Waals surface area contributed by atoms with Gasteiger partial charge in [-0.1, -0.05) is 36.4 Å². The second kappa shape index (κ2) is 3.85. The summed E-state index contributed by atoms with van der Waals surface area (Å²) in [6, 6.07) is 17.6. The summed E-state index contributed by atoms with van der Waals surface area (Å²) in [5, 5.41) is 3.73. The van der Waals surface area contributed by atoms with Gasteiger partial charge in [0.1, 0.15) is 11.5 Å². The van der Waals surface area contributed by atoms with E-state index in [4.69, 9.17) is 4.74 Å². The monoisotopic (exact) mass is 237 g/mol. The number of nitrogens with one attached hydrogen (secondary N) is 1. The fraction of sp³-hybridized carbons (Fsp3) is 0.250. The van der Waals surface area contributed by atoms with Crippen LogP contribution in [0.15, 0.2) is 48.5 Å². The number of hydrogen-bond donors (Lipinski definition) is 1. The molecule has 0 amide bonds. The third kappa shape index (κ3) is 1.61. The third-order valence-electron chi connectivity index (χ3n) is 3.66. The minimum Gasteiger partial charge on any atom is -0.457 e. The van der Waals surface area contributed by atoms with Gasteiger partial charge in [0, 0.05) is 17.2 Å². The van der Waals surface area contributed by atoms with Gasteiger partial charge in [0.05, 0.1) is 6.04 Å². The van der Waals surface area contributed by atoms with Crippen LogP contribution in [0.5, 0.6) is 11.5 Å². The first-order chi connectivity index (χ1) is 8.92. The molecule has 2 aliphatic rings. The average molecular weight is 237 g/mol. The van der Waals surface area contributed by atoms with E-state index in [0.717, 1.165) is 11.5 Å². The Hall–Kier alpha value is -1.80.